The summed E-state index contributed by atoms with van der Waals surface area (Å²) in [5.74, 6) is 3.55. The van der Waals surface area contributed by atoms with E-state index in [1.165, 1.54) is 25.7 Å². The maximum Gasteiger partial charge on any atom is -0.0471 e. The zero-order valence-corrected chi connectivity index (χ0v) is 13.1. The van der Waals surface area contributed by atoms with Crippen LogP contribution in [0.1, 0.15) is 81.1 Å². The van der Waals surface area contributed by atoms with E-state index in [1.807, 2.05) is 0 Å². The molecule has 0 radical (unpaired) electrons. The van der Waals surface area contributed by atoms with Crippen LogP contribution >= 0.6 is 0 Å². The molecule has 0 aliphatic rings. The van der Waals surface area contributed by atoms with Crippen molar-refractivity contribution < 1.29 is 0 Å². The van der Waals surface area contributed by atoms with Crippen LogP contribution in [0.4, 0.5) is 0 Å². The standard InChI is InChI=1S/2C8H18/c2*1-7(2)5-6-8(3)4/h2*7-8H,5-6H2,1-4H3. The molecule has 0 N–H and O–H groups in total. The van der Waals surface area contributed by atoms with E-state index in [9.17, 15) is 0 Å². The average Bonchev–Trinajstić information content (AvgIpc) is 2.12. The number of rotatable bonds is 6. The third-order valence-corrected chi connectivity index (χ3v) is 2.64. The first-order valence-electron chi connectivity index (χ1n) is 7.25. The molecule has 0 aromatic heterocycles. The normalized spacial score (nSPS) is 11.2. The van der Waals surface area contributed by atoms with Gasteiger partial charge in [-0.05, 0) is 23.7 Å². The lowest BCUT2D eigenvalue weighted by Crippen LogP contribution is -1.91. The van der Waals surface area contributed by atoms with Crippen LogP contribution in [0.3, 0.4) is 0 Å². The second kappa shape index (κ2) is 11.5. The lowest BCUT2D eigenvalue weighted by atomic mass is 10.0. The number of hydrogen-bond acceptors (Lipinski definition) is 0. The van der Waals surface area contributed by atoms with Crippen molar-refractivity contribution in [2.45, 2.75) is 81.1 Å². The maximum absolute atomic E-state index is 2.28. The molecular formula is C16H36. The van der Waals surface area contributed by atoms with Crippen molar-refractivity contribution in [3.8, 4) is 0 Å². The van der Waals surface area contributed by atoms with Crippen molar-refractivity contribution >= 4 is 0 Å². The molecule has 0 rings (SSSR count). The van der Waals surface area contributed by atoms with E-state index in [0.29, 0.717) is 0 Å². The van der Waals surface area contributed by atoms with Crippen LogP contribution in [0, 0.1) is 23.7 Å². The summed E-state index contributed by atoms with van der Waals surface area (Å²) in [7, 11) is 0. The smallest absolute Gasteiger partial charge is 0.0471 e. The molecule has 0 bridgehead atoms. The minimum Gasteiger partial charge on any atom is -0.0628 e. The van der Waals surface area contributed by atoms with Crippen molar-refractivity contribution in [2.75, 3.05) is 0 Å². The Balaban J connectivity index is 0. The van der Waals surface area contributed by atoms with E-state index in [4.69, 9.17) is 0 Å². The van der Waals surface area contributed by atoms with Crippen molar-refractivity contribution in [1.29, 1.82) is 0 Å². The second-order valence-electron chi connectivity index (χ2n) is 6.73. The van der Waals surface area contributed by atoms with Gasteiger partial charge in [-0.15, -0.1) is 0 Å². The molecule has 0 spiro atoms. The molecule has 0 heterocycles. The summed E-state index contributed by atoms with van der Waals surface area (Å²) in [4.78, 5) is 0. The predicted octanol–water partition coefficient (Wildman–Crippen LogP) is 6.16. The molecule has 0 aromatic rings. The molecule has 0 nitrogen and oxygen atoms in total. The van der Waals surface area contributed by atoms with Gasteiger partial charge in [0.2, 0.25) is 0 Å². The highest BCUT2D eigenvalue weighted by molar-refractivity contribution is 4.49. The van der Waals surface area contributed by atoms with Crippen molar-refractivity contribution in [2.24, 2.45) is 23.7 Å². The molecule has 0 heteroatoms. The lowest BCUT2D eigenvalue weighted by molar-refractivity contribution is 0.476. The fourth-order valence-corrected chi connectivity index (χ4v) is 1.33. The summed E-state index contributed by atoms with van der Waals surface area (Å²) in [6, 6.07) is 0. The van der Waals surface area contributed by atoms with E-state index < -0.39 is 0 Å². The zero-order chi connectivity index (χ0) is 13.1. The van der Waals surface area contributed by atoms with Crippen LogP contribution in [0.5, 0.6) is 0 Å². The first kappa shape index (κ1) is 18.4. The molecule has 0 aliphatic carbocycles. The number of hydrogen-bond donors (Lipinski definition) is 0. The summed E-state index contributed by atoms with van der Waals surface area (Å²) in [5.41, 5.74) is 0. The molecule has 100 valence electrons. The highest BCUT2D eigenvalue weighted by Gasteiger charge is 1.96. The van der Waals surface area contributed by atoms with Gasteiger partial charge in [-0.25, -0.2) is 0 Å². The minimum atomic E-state index is 0.886. The molecule has 0 saturated carbocycles. The summed E-state index contributed by atoms with van der Waals surface area (Å²) in [6.07, 6.45) is 5.55. The highest BCUT2D eigenvalue weighted by atomic mass is 14.0. The Bertz CT molecular complexity index is 88.0. The zero-order valence-electron chi connectivity index (χ0n) is 13.1. The third-order valence-electron chi connectivity index (χ3n) is 2.64. The first-order valence-corrected chi connectivity index (χ1v) is 7.25. The van der Waals surface area contributed by atoms with Gasteiger partial charge in [-0.2, -0.15) is 0 Å². The van der Waals surface area contributed by atoms with E-state index in [2.05, 4.69) is 55.4 Å². The van der Waals surface area contributed by atoms with Crippen LogP contribution < -0.4 is 0 Å². The molecule has 0 unspecified atom stereocenters. The van der Waals surface area contributed by atoms with Crippen LogP contribution in [-0.4, -0.2) is 0 Å². The fourth-order valence-electron chi connectivity index (χ4n) is 1.33. The Labute approximate surface area is 105 Å². The van der Waals surface area contributed by atoms with Crippen LogP contribution in [0.25, 0.3) is 0 Å². The van der Waals surface area contributed by atoms with Gasteiger partial charge in [0.1, 0.15) is 0 Å². The topological polar surface area (TPSA) is 0 Å². The predicted molar refractivity (Wildman–Crippen MR) is 77.8 cm³/mol. The van der Waals surface area contributed by atoms with Crippen LogP contribution in [0.2, 0.25) is 0 Å². The minimum absolute atomic E-state index is 0.886. The summed E-state index contributed by atoms with van der Waals surface area (Å²) in [6.45, 7) is 18.2. The third kappa shape index (κ3) is 23.7. The average molecular weight is 228 g/mol. The molecule has 0 aromatic carbocycles. The Morgan fingerprint density at radius 2 is 0.500 bits per heavy atom. The Hall–Kier alpha value is 0. The molecule has 0 saturated heterocycles. The Morgan fingerprint density at radius 3 is 0.562 bits per heavy atom. The van der Waals surface area contributed by atoms with E-state index >= 15 is 0 Å². The summed E-state index contributed by atoms with van der Waals surface area (Å²) in [5, 5.41) is 0. The van der Waals surface area contributed by atoms with E-state index in [0.717, 1.165) is 23.7 Å². The van der Waals surface area contributed by atoms with Crippen molar-refractivity contribution in [3.63, 3.8) is 0 Å². The molecule has 0 fully saturated rings. The quantitative estimate of drug-likeness (QED) is 0.511. The van der Waals surface area contributed by atoms with Gasteiger partial charge in [0, 0.05) is 0 Å². The van der Waals surface area contributed by atoms with Gasteiger partial charge in [0.25, 0.3) is 0 Å². The Morgan fingerprint density at radius 1 is 0.375 bits per heavy atom. The van der Waals surface area contributed by atoms with Gasteiger partial charge in [-0.1, -0.05) is 81.1 Å². The molecule has 0 atom stereocenters. The van der Waals surface area contributed by atoms with Gasteiger partial charge in [-0.3, -0.25) is 0 Å². The summed E-state index contributed by atoms with van der Waals surface area (Å²) < 4.78 is 0. The van der Waals surface area contributed by atoms with Gasteiger partial charge in [0.05, 0.1) is 0 Å². The van der Waals surface area contributed by atoms with E-state index in [1.54, 1.807) is 0 Å². The molecular weight excluding hydrogens is 192 g/mol. The van der Waals surface area contributed by atoms with Gasteiger partial charge >= 0.3 is 0 Å². The van der Waals surface area contributed by atoms with Gasteiger partial charge < -0.3 is 0 Å². The van der Waals surface area contributed by atoms with Gasteiger partial charge in [0.15, 0.2) is 0 Å². The monoisotopic (exact) mass is 228 g/mol. The Kier molecular flexibility index (Phi) is 13.2. The highest BCUT2D eigenvalue weighted by Crippen LogP contribution is 2.10. The fraction of sp³-hybridized carbons (Fsp3) is 1.00. The molecule has 0 amide bonds. The maximum atomic E-state index is 2.28. The van der Waals surface area contributed by atoms with Crippen molar-refractivity contribution in [1.82, 2.24) is 0 Å². The SMILES string of the molecule is CC(C)CCC(C)C.CC(C)CCC(C)C. The van der Waals surface area contributed by atoms with Crippen molar-refractivity contribution in [3.05, 3.63) is 0 Å². The molecule has 0 aliphatic heterocycles. The molecule has 16 heavy (non-hydrogen) atoms. The first-order chi connectivity index (χ1) is 7.25. The van der Waals surface area contributed by atoms with E-state index in [-0.39, 0.29) is 0 Å². The second-order valence-corrected chi connectivity index (χ2v) is 6.73. The largest absolute Gasteiger partial charge is 0.0628 e. The lowest BCUT2D eigenvalue weighted by Gasteiger charge is -2.05. The van der Waals surface area contributed by atoms with Crippen LogP contribution in [-0.2, 0) is 0 Å². The van der Waals surface area contributed by atoms with Crippen LogP contribution in [0.15, 0.2) is 0 Å². The summed E-state index contributed by atoms with van der Waals surface area (Å²) >= 11 is 0.